The fourth-order valence-electron chi connectivity index (χ4n) is 4.74. The second-order valence-electron chi connectivity index (χ2n) is 9.87. The van der Waals surface area contributed by atoms with Gasteiger partial charge in [-0.1, -0.05) is 92.1 Å². The molecular formula is C27H45NO3. The maximum atomic E-state index is 12.9. The Morgan fingerprint density at radius 1 is 1.03 bits per heavy atom. The quantitative estimate of drug-likeness (QED) is 0.490. The zero-order chi connectivity index (χ0) is 23.1. The normalized spacial score (nSPS) is 30.3. The van der Waals surface area contributed by atoms with Gasteiger partial charge in [-0.2, -0.15) is 0 Å². The summed E-state index contributed by atoms with van der Waals surface area (Å²) in [6, 6.07) is 10.1. The highest BCUT2D eigenvalue weighted by molar-refractivity contribution is 5.78. The van der Waals surface area contributed by atoms with Gasteiger partial charge in [-0.05, 0) is 35.7 Å². The first-order valence-electron chi connectivity index (χ1n) is 12.3. The predicted molar refractivity (Wildman–Crippen MR) is 127 cm³/mol. The highest BCUT2D eigenvalue weighted by atomic mass is 16.7. The summed E-state index contributed by atoms with van der Waals surface area (Å²) in [4.78, 5) is 12.9. The molecule has 1 aromatic carbocycles. The molecule has 4 nitrogen and oxygen atoms in total. The second-order valence-corrected chi connectivity index (χ2v) is 9.87. The van der Waals surface area contributed by atoms with Crippen molar-refractivity contribution in [3.8, 4) is 0 Å². The molecule has 9 atom stereocenters. The van der Waals surface area contributed by atoms with Crippen molar-refractivity contribution in [1.82, 2.24) is 5.32 Å². The molecule has 176 valence electrons. The van der Waals surface area contributed by atoms with Gasteiger partial charge >= 0.3 is 0 Å². The lowest BCUT2D eigenvalue weighted by molar-refractivity contribution is -0.277. The lowest BCUT2D eigenvalue weighted by Crippen LogP contribution is -2.49. The number of carbonyl (C=O) groups excluding carboxylic acids is 1. The first-order chi connectivity index (χ1) is 14.7. The zero-order valence-electron chi connectivity index (χ0n) is 20.9. The van der Waals surface area contributed by atoms with Crippen molar-refractivity contribution in [2.75, 3.05) is 0 Å². The molecule has 9 unspecified atom stereocenters. The first kappa shape index (κ1) is 25.9. The number of benzene rings is 1. The van der Waals surface area contributed by atoms with Crippen LogP contribution in [-0.4, -0.2) is 24.4 Å². The smallest absolute Gasteiger partial charge is 0.223 e. The summed E-state index contributed by atoms with van der Waals surface area (Å²) in [6.07, 6.45) is 2.01. The number of ether oxygens (including phenoxy) is 2. The van der Waals surface area contributed by atoms with Crippen LogP contribution in [0.1, 0.15) is 73.8 Å². The second kappa shape index (κ2) is 12.0. The molecule has 4 heteroatoms. The molecule has 1 N–H and O–H groups in total. The Bertz CT molecular complexity index is 662. The molecule has 31 heavy (non-hydrogen) atoms. The summed E-state index contributed by atoms with van der Waals surface area (Å²) in [5.41, 5.74) is 1.11. The fraction of sp³-hybridized carbons (Fsp3) is 0.741. The number of nitrogens with one attached hydrogen (secondary N) is 1. The van der Waals surface area contributed by atoms with Crippen LogP contribution in [-0.2, 0) is 20.8 Å². The van der Waals surface area contributed by atoms with Crippen LogP contribution in [0.15, 0.2) is 30.3 Å². The third kappa shape index (κ3) is 6.55. The number of amides is 1. The van der Waals surface area contributed by atoms with Crippen LogP contribution in [0, 0.1) is 35.5 Å². The van der Waals surface area contributed by atoms with Crippen molar-refractivity contribution >= 4 is 5.91 Å². The van der Waals surface area contributed by atoms with Crippen molar-refractivity contribution < 1.29 is 14.3 Å². The van der Waals surface area contributed by atoms with E-state index in [9.17, 15) is 4.79 Å². The van der Waals surface area contributed by atoms with E-state index in [4.69, 9.17) is 9.47 Å². The van der Waals surface area contributed by atoms with E-state index in [1.54, 1.807) is 0 Å². The van der Waals surface area contributed by atoms with E-state index in [-0.39, 0.29) is 36.2 Å². The van der Waals surface area contributed by atoms with Crippen molar-refractivity contribution in [3.63, 3.8) is 0 Å². The van der Waals surface area contributed by atoms with Gasteiger partial charge in [0.1, 0.15) is 0 Å². The molecule has 0 saturated carbocycles. The van der Waals surface area contributed by atoms with Crippen LogP contribution in [0.25, 0.3) is 0 Å². The summed E-state index contributed by atoms with van der Waals surface area (Å²) >= 11 is 0. The molecule has 0 spiro atoms. The molecule has 1 saturated heterocycles. The van der Waals surface area contributed by atoms with E-state index >= 15 is 0 Å². The lowest BCUT2D eigenvalue weighted by atomic mass is 9.78. The molecule has 1 aliphatic rings. The highest BCUT2D eigenvalue weighted by Gasteiger charge is 2.42. The summed E-state index contributed by atoms with van der Waals surface area (Å²) in [5, 5.41) is 3.11. The van der Waals surface area contributed by atoms with Crippen molar-refractivity contribution in [1.29, 1.82) is 0 Å². The van der Waals surface area contributed by atoms with Crippen LogP contribution < -0.4 is 5.32 Å². The van der Waals surface area contributed by atoms with Gasteiger partial charge in [0.2, 0.25) is 5.91 Å². The van der Waals surface area contributed by atoms with Crippen LogP contribution in [0.4, 0.5) is 0 Å². The van der Waals surface area contributed by atoms with Gasteiger partial charge < -0.3 is 14.8 Å². The summed E-state index contributed by atoms with van der Waals surface area (Å²) in [7, 11) is 0. The van der Waals surface area contributed by atoms with Gasteiger partial charge in [0, 0.05) is 18.4 Å². The van der Waals surface area contributed by atoms with Gasteiger partial charge in [-0.25, -0.2) is 0 Å². The third-order valence-electron chi connectivity index (χ3n) is 7.91. The van der Waals surface area contributed by atoms with E-state index < -0.39 is 0 Å². The molecule has 0 radical (unpaired) electrons. The van der Waals surface area contributed by atoms with Gasteiger partial charge in [0.25, 0.3) is 0 Å². The molecule has 2 rings (SSSR count). The maximum Gasteiger partial charge on any atom is 0.223 e. The number of hydrogen-bond donors (Lipinski definition) is 1. The Hall–Kier alpha value is -1.39. The largest absolute Gasteiger partial charge is 0.352 e. The summed E-state index contributed by atoms with van der Waals surface area (Å²) in [5.74, 6) is 1.80. The third-order valence-corrected chi connectivity index (χ3v) is 7.91. The fourth-order valence-corrected chi connectivity index (χ4v) is 4.74. The molecule has 1 aromatic rings. The summed E-state index contributed by atoms with van der Waals surface area (Å²) in [6.45, 7) is 18.2. The van der Waals surface area contributed by atoms with Gasteiger partial charge in [0.05, 0.1) is 12.2 Å². The lowest BCUT2D eigenvalue weighted by Gasteiger charge is -2.46. The Kier molecular flexibility index (Phi) is 10.0. The van der Waals surface area contributed by atoms with Crippen molar-refractivity contribution in [2.24, 2.45) is 35.5 Å². The van der Waals surface area contributed by atoms with Crippen LogP contribution in [0.2, 0.25) is 0 Å². The molecule has 0 aromatic heterocycles. The Morgan fingerprint density at radius 3 is 2.26 bits per heavy atom. The SMILES string of the molecule is CCC(C)C(OC1OC(CC)C(C)C(C)C1C)C(C)C(C)C(=O)NCc1ccccc1. The highest BCUT2D eigenvalue weighted by Crippen LogP contribution is 2.39. The molecule has 0 aliphatic carbocycles. The first-order valence-corrected chi connectivity index (χ1v) is 12.3. The Morgan fingerprint density at radius 2 is 1.68 bits per heavy atom. The monoisotopic (exact) mass is 431 g/mol. The van der Waals surface area contributed by atoms with Crippen LogP contribution >= 0.6 is 0 Å². The average molecular weight is 432 g/mol. The van der Waals surface area contributed by atoms with E-state index in [2.05, 4.69) is 53.8 Å². The molecule has 1 fully saturated rings. The molecule has 0 bridgehead atoms. The standard InChI is InChI=1S/C27H45NO3/c1-9-17(3)25(31-27-22(8)18(4)19(5)24(10-2)30-27)20(6)21(7)26(29)28-16-23-14-12-11-13-15-23/h11-15,17-22,24-25,27H,9-10,16H2,1-8H3,(H,28,29). The molecular weight excluding hydrogens is 386 g/mol. The average Bonchev–Trinajstić information content (AvgIpc) is 2.79. The van der Waals surface area contributed by atoms with E-state index in [0.29, 0.717) is 30.2 Å². The van der Waals surface area contributed by atoms with Crippen molar-refractivity contribution in [2.45, 2.75) is 93.3 Å². The minimum Gasteiger partial charge on any atom is -0.352 e. The Labute approximate surface area is 190 Å². The number of carbonyl (C=O) groups is 1. The minimum absolute atomic E-state index is 0.0203. The maximum absolute atomic E-state index is 12.9. The predicted octanol–water partition coefficient (Wildman–Crippen LogP) is 6.05. The van der Waals surface area contributed by atoms with E-state index in [1.165, 1.54) is 0 Å². The van der Waals surface area contributed by atoms with E-state index in [0.717, 1.165) is 18.4 Å². The van der Waals surface area contributed by atoms with Crippen LogP contribution in [0.3, 0.4) is 0 Å². The molecule has 1 amide bonds. The van der Waals surface area contributed by atoms with Gasteiger partial charge in [-0.3, -0.25) is 4.79 Å². The van der Waals surface area contributed by atoms with Gasteiger partial charge in [0.15, 0.2) is 6.29 Å². The van der Waals surface area contributed by atoms with E-state index in [1.807, 2.05) is 37.3 Å². The summed E-state index contributed by atoms with van der Waals surface area (Å²) < 4.78 is 13.1. The zero-order valence-corrected chi connectivity index (χ0v) is 20.9. The molecule has 1 heterocycles. The van der Waals surface area contributed by atoms with Gasteiger partial charge in [-0.15, -0.1) is 0 Å². The topological polar surface area (TPSA) is 47.6 Å². The van der Waals surface area contributed by atoms with Crippen LogP contribution in [0.5, 0.6) is 0 Å². The number of hydrogen-bond acceptors (Lipinski definition) is 3. The minimum atomic E-state index is -0.211. The molecule has 1 aliphatic heterocycles. The van der Waals surface area contributed by atoms with Crippen molar-refractivity contribution in [3.05, 3.63) is 35.9 Å². The number of rotatable bonds is 10. The Balaban J connectivity index is 2.07.